The van der Waals surface area contributed by atoms with E-state index in [2.05, 4.69) is 10.00 Å². The van der Waals surface area contributed by atoms with Crippen molar-refractivity contribution in [1.82, 2.24) is 24.5 Å². The van der Waals surface area contributed by atoms with Crippen LogP contribution >= 0.6 is 0 Å². The number of nitrogens with zero attached hydrogens (tertiary/aromatic N) is 5. The highest BCUT2D eigenvalue weighted by Gasteiger charge is 2.36. The maximum atomic E-state index is 14.2. The van der Waals surface area contributed by atoms with Gasteiger partial charge in [-0.1, -0.05) is 24.3 Å². The fourth-order valence-corrected chi connectivity index (χ4v) is 6.18. The van der Waals surface area contributed by atoms with Gasteiger partial charge in [-0.3, -0.25) is 9.48 Å². The monoisotopic (exact) mass is 549 g/mol. The number of ketones is 1. The molecule has 0 spiro atoms. The molecular weight excluding hydrogens is 512 g/mol. The average Bonchev–Trinajstić information content (AvgIpc) is 3.52. The summed E-state index contributed by atoms with van der Waals surface area (Å²) in [6, 6.07) is 9.83. The molecule has 1 fully saturated rings. The van der Waals surface area contributed by atoms with Gasteiger partial charge in [0.2, 0.25) is 0 Å². The number of piperidine rings is 1. The zero-order chi connectivity index (χ0) is 28.2. The minimum atomic E-state index is -0.782. The first-order chi connectivity index (χ1) is 19.3. The number of aryl methyl sites for hydroxylation is 1. The zero-order valence-corrected chi connectivity index (χ0v) is 23.4. The molecule has 2 aromatic heterocycles. The lowest BCUT2D eigenvalue weighted by atomic mass is 9.72. The number of carbonyl (C=O) groups excluding carboxylic acids is 1. The number of likely N-dealkylation sites (tertiary alicyclic amines) is 1. The van der Waals surface area contributed by atoms with Crippen LogP contribution in [-0.4, -0.2) is 63.6 Å². The normalized spacial score (nSPS) is 21.8. The van der Waals surface area contributed by atoms with Crippen molar-refractivity contribution in [3.8, 4) is 16.9 Å². The number of para-hydroxylation sites is 1. The summed E-state index contributed by atoms with van der Waals surface area (Å²) in [6.07, 6.45) is 8.24. The van der Waals surface area contributed by atoms with E-state index in [0.717, 1.165) is 54.3 Å². The number of allylic oxidation sites excluding steroid dienone is 4. The predicted molar refractivity (Wildman–Crippen MR) is 150 cm³/mol. The third-order valence-electron chi connectivity index (χ3n) is 8.28. The van der Waals surface area contributed by atoms with Gasteiger partial charge in [-0.05, 0) is 61.4 Å². The van der Waals surface area contributed by atoms with Crippen LogP contribution in [0.25, 0.3) is 16.9 Å². The smallest absolute Gasteiger partial charge is 0.154 e. The number of Topliss-reactive ketones (excluding diaryl/α,β-unsaturated/α-hetero) is 1. The molecule has 3 heterocycles. The molecule has 40 heavy (non-hydrogen) atoms. The van der Waals surface area contributed by atoms with E-state index in [9.17, 15) is 13.6 Å². The molecule has 7 nitrogen and oxygen atoms in total. The van der Waals surface area contributed by atoms with Gasteiger partial charge in [-0.25, -0.2) is 13.5 Å². The summed E-state index contributed by atoms with van der Waals surface area (Å²) < 4.78 is 36.9. The molecule has 3 atom stereocenters. The van der Waals surface area contributed by atoms with Crippen LogP contribution in [0.15, 0.2) is 66.5 Å². The Hall–Kier alpha value is -3.43. The Morgan fingerprint density at radius 2 is 2.00 bits per heavy atom. The van der Waals surface area contributed by atoms with Crippen molar-refractivity contribution in [2.45, 2.75) is 32.6 Å². The fraction of sp³-hybridized carbons (Fsp3) is 0.452. The van der Waals surface area contributed by atoms with Gasteiger partial charge in [-0.15, -0.1) is 0 Å². The quantitative estimate of drug-likeness (QED) is 0.339. The minimum Gasteiger partial charge on any atom is -0.383 e. The number of aromatic nitrogens is 4. The largest absolute Gasteiger partial charge is 0.383 e. The molecule has 0 saturated carbocycles. The lowest BCUT2D eigenvalue weighted by Crippen LogP contribution is -2.45. The fourth-order valence-electron chi connectivity index (χ4n) is 6.18. The molecule has 1 aliphatic carbocycles. The molecule has 2 aliphatic rings. The van der Waals surface area contributed by atoms with Crippen LogP contribution in [0.5, 0.6) is 0 Å². The SMILES string of the molecule is COCCN1CCC(C2C=CC(F)=C(F)C2)C(CC(=O)Cc2c(C)c(-c3cnn(C)c3)nn2-c2ccccc2)C1. The molecule has 9 heteroatoms. The molecule has 3 unspecified atom stereocenters. The molecule has 1 saturated heterocycles. The zero-order valence-electron chi connectivity index (χ0n) is 23.4. The van der Waals surface area contributed by atoms with E-state index < -0.39 is 11.7 Å². The second kappa shape index (κ2) is 12.4. The standard InChI is InChI=1S/C31H37F2N5O2/c1-21-30(38(25-7-5-4-6-8-25)35-31(21)24-18-34-36(2)19-24)17-26(39)15-23-20-37(13-14-40-3)12-11-27(23)22-9-10-28(32)29(33)16-22/h4-10,18-19,22-23,27H,11-17,20H2,1-3H3. The van der Waals surface area contributed by atoms with Gasteiger partial charge in [0.05, 0.1) is 29.9 Å². The summed E-state index contributed by atoms with van der Waals surface area (Å²) >= 11 is 0. The number of methoxy groups -OCH3 is 1. The summed E-state index contributed by atoms with van der Waals surface area (Å²) in [5.74, 6) is -1.34. The minimum absolute atomic E-state index is 0.0351. The average molecular weight is 550 g/mol. The molecule has 0 N–H and O–H groups in total. The van der Waals surface area contributed by atoms with Crippen LogP contribution in [0.4, 0.5) is 8.78 Å². The number of rotatable bonds is 10. The number of hydrogen-bond donors (Lipinski definition) is 0. The Balaban J connectivity index is 1.40. The summed E-state index contributed by atoms with van der Waals surface area (Å²) in [4.78, 5) is 16.1. The lowest BCUT2D eigenvalue weighted by molar-refractivity contribution is -0.120. The molecule has 5 rings (SSSR count). The number of ether oxygens (including phenoxy) is 1. The van der Waals surface area contributed by atoms with Gasteiger partial charge in [0, 0.05) is 58.3 Å². The van der Waals surface area contributed by atoms with Gasteiger partial charge in [0.15, 0.2) is 5.83 Å². The van der Waals surface area contributed by atoms with E-state index >= 15 is 0 Å². The van der Waals surface area contributed by atoms with Crippen LogP contribution < -0.4 is 0 Å². The Morgan fingerprint density at radius 1 is 1.20 bits per heavy atom. The van der Waals surface area contributed by atoms with Crippen molar-refractivity contribution >= 4 is 5.78 Å². The van der Waals surface area contributed by atoms with E-state index in [1.54, 1.807) is 24.1 Å². The van der Waals surface area contributed by atoms with Crippen molar-refractivity contribution in [3.05, 3.63) is 77.8 Å². The molecule has 0 radical (unpaired) electrons. The highest BCUT2D eigenvalue weighted by Crippen LogP contribution is 2.40. The third kappa shape index (κ3) is 6.15. The summed E-state index contributed by atoms with van der Waals surface area (Å²) in [6.45, 7) is 4.99. The number of carbonyl (C=O) groups is 1. The first kappa shape index (κ1) is 28.1. The van der Waals surface area contributed by atoms with Crippen LogP contribution in [0.2, 0.25) is 0 Å². The Kier molecular flexibility index (Phi) is 8.71. The van der Waals surface area contributed by atoms with Gasteiger partial charge >= 0.3 is 0 Å². The predicted octanol–water partition coefficient (Wildman–Crippen LogP) is 5.39. The maximum absolute atomic E-state index is 14.2. The summed E-state index contributed by atoms with van der Waals surface area (Å²) in [5, 5.41) is 9.21. The second-order valence-electron chi connectivity index (χ2n) is 11.0. The Morgan fingerprint density at radius 3 is 2.70 bits per heavy atom. The first-order valence-corrected chi connectivity index (χ1v) is 13.9. The Bertz CT molecular complexity index is 1390. The third-order valence-corrected chi connectivity index (χ3v) is 8.28. The summed E-state index contributed by atoms with van der Waals surface area (Å²) in [7, 11) is 3.55. The number of hydrogen-bond acceptors (Lipinski definition) is 5. The molecule has 0 bridgehead atoms. The highest BCUT2D eigenvalue weighted by atomic mass is 19.2. The van der Waals surface area contributed by atoms with E-state index in [-0.39, 0.29) is 36.4 Å². The molecule has 212 valence electrons. The molecular formula is C31H37F2N5O2. The molecule has 1 aliphatic heterocycles. The number of halogens is 2. The molecule has 1 aromatic carbocycles. The van der Waals surface area contributed by atoms with Crippen LogP contribution in [0.3, 0.4) is 0 Å². The van der Waals surface area contributed by atoms with E-state index in [1.807, 2.05) is 55.2 Å². The highest BCUT2D eigenvalue weighted by molar-refractivity contribution is 5.82. The van der Waals surface area contributed by atoms with Gasteiger partial charge in [-0.2, -0.15) is 10.2 Å². The topological polar surface area (TPSA) is 65.2 Å². The van der Waals surface area contributed by atoms with E-state index in [1.165, 1.54) is 6.08 Å². The Labute approximate surface area is 234 Å². The van der Waals surface area contributed by atoms with Crippen molar-refractivity contribution in [2.75, 3.05) is 33.4 Å². The maximum Gasteiger partial charge on any atom is 0.154 e. The van der Waals surface area contributed by atoms with E-state index in [0.29, 0.717) is 13.0 Å². The van der Waals surface area contributed by atoms with Crippen molar-refractivity contribution in [1.29, 1.82) is 0 Å². The lowest BCUT2D eigenvalue weighted by Gasteiger charge is -2.41. The van der Waals surface area contributed by atoms with Gasteiger partial charge in [0.25, 0.3) is 0 Å². The number of benzene rings is 1. The molecule has 0 amide bonds. The first-order valence-electron chi connectivity index (χ1n) is 13.9. The van der Waals surface area contributed by atoms with Gasteiger partial charge < -0.3 is 9.64 Å². The van der Waals surface area contributed by atoms with Crippen LogP contribution in [-0.2, 0) is 23.0 Å². The second-order valence-corrected chi connectivity index (χ2v) is 11.0. The van der Waals surface area contributed by atoms with Crippen molar-refractivity contribution in [3.63, 3.8) is 0 Å². The molecule has 3 aromatic rings. The van der Waals surface area contributed by atoms with Crippen LogP contribution in [0.1, 0.15) is 30.5 Å². The van der Waals surface area contributed by atoms with Gasteiger partial charge in [0.1, 0.15) is 11.6 Å². The van der Waals surface area contributed by atoms with Crippen LogP contribution in [0, 0.1) is 24.7 Å². The van der Waals surface area contributed by atoms with E-state index in [4.69, 9.17) is 9.84 Å². The van der Waals surface area contributed by atoms with Crippen molar-refractivity contribution < 1.29 is 18.3 Å². The van der Waals surface area contributed by atoms with Crippen molar-refractivity contribution in [2.24, 2.45) is 24.8 Å². The summed E-state index contributed by atoms with van der Waals surface area (Å²) in [5.41, 5.74) is 4.40.